The number of likely N-dealkylation sites (tertiary alicyclic amines) is 1. The van der Waals surface area contributed by atoms with Crippen molar-refractivity contribution in [3.05, 3.63) is 29.2 Å². The van der Waals surface area contributed by atoms with Gasteiger partial charge in [-0.1, -0.05) is 11.6 Å². The average Bonchev–Trinajstić information content (AvgIpc) is 2.89. The van der Waals surface area contributed by atoms with E-state index >= 15 is 0 Å². The molecular formula is C11H13ClN4. The zero-order chi connectivity index (χ0) is 11.0. The van der Waals surface area contributed by atoms with Crippen LogP contribution in [0.4, 0.5) is 0 Å². The van der Waals surface area contributed by atoms with E-state index in [9.17, 15) is 0 Å². The first-order chi connectivity index (χ1) is 7.83. The molecule has 0 amide bonds. The average molecular weight is 237 g/mol. The highest BCUT2D eigenvalue weighted by Gasteiger charge is 2.15. The Morgan fingerprint density at radius 2 is 2.06 bits per heavy atom. The van der Waals surface area contributed by atoms with E-state index in [1.54, 1.807) is 0 Å². The van der Waals surface area contributed by atoms with Crippen LogP contribution in [0, 0.1) is 0 Å². The van der Waals surface area contributed by atoms with Gasteiger partial charge in [-0.2, -0.15) is 0 Å². The lowest BCUT2D eigenvalue weighted by Crippen LogP contribution is -2.20. The number of aromatic nitrogens is 3. The van der Waals surface area contributed by atoms with Gasteiger partial charge in [0.05, 0.1) is 6.54 Å². The topological polar surface area (TPSA) is 33.4 Å². The van der Waals surface area contributed by atoms with E-state index in [4.69, 9.17) is 11.6 Å². The molecule has 0 saturated carbocycles. The minimum atomic E-state index is 0.702. The molecule has 1 aliphatic heterocycles. The third-order valence-electron chi connectivity index (χ3n) is 3.01. The molecule has 0 radical (unpaired) electrons. The number of halogens is 1. The van der Waals surface area contributed by atoms with Crippen LogP contribution >= 0.6 is 11.6 Å². The maximum Gasteiger partial charge on any atom is 0.162 e. The van der Waals surface area contributed by atoms with Crippen molar-refractivity contribution < 1.29 is 0 Å². The highest BCUT2D eigenvalue weighted by Crippen LogP contribution is 2.15. The molecule has 0 unspecified atom stereocenters. The Balaban J connectivity index is 1.91. The summed E-state index contributed by atoms with van der Waals surface area (Å²) in [5, 5.41) is 9.04. The van der Waals surface area contributed by atoms with E-state index in [0.29, 0.717) is 5.02 Å². The molecule has 0 N–H and O–H groups in total. The van der Waals surface area contributed by atoms with E-state index < -0.39 is 0 Å². The fourth-order valence-electron chi connectivity index (χ4n) is 2.16. The number of pyridine rings is 1. The van der Waals surface area contributed by atoms with Gasteiger partial charge in [0.25, 0.3) is 0 Å². The molecule has 0 bridgehead atoms. The Morgan fingerprint density at radius 3 is 2.88 bits per heavy atom. The van der Waals surface area contributed by atoms with E-state index in [1.807, 2.05) is 22.7 Å². The predicted molar refractivity (Wildman–Crippen MR) is 62.5 cm³/mol. The zero-order valence-corrected chi connectivity index (χ0v) is 9.69. The largest absolute Gasteiger partial charge is 0.296 e. The second-order valence-corrected chi connectivity index (χ2v) is 4.61. The van der Waals surface area contributed by atoms with Crippen LogP contribution < -0.4 is 0 Å². The molecule has 0 aromatic carbocycles. The first kappa shape index (κ1) is 10.1. The molecule has 16 heavy (non-hydrogen) atoms. The molecule has 0 spiro atoms. The zero-order valence-electron chi connectivity index (χ0n) is 8.93. The van der Waals surface area contributed by atoms with E-state index in [0.717, 1.165) is 18.0 Å². The van der Waals surface area contributed by atoms with E-state index in [2.05, 4.69) is 15.1 Å². The third kappa shape index (κ3) is 1.79. The van der Waals surface area contributed by atoms with Gasteiger partial charge in [-0.3, -0.25) is 9.30 Å². The minimum absolute atomic E-state index is 0.702. The van der Waals surface area contributed by atoms with Crippen molar-refractivity contribution in [2.45, 2.75) is 19.4 Å². The molecule has 84 valence electrons. The van der Waals surface area contributed by atoms with Gasteiger partial charge in [-0.25, -0.2) is 0 Å². The normalized spacial score (nSPS) is 17.3. The standard InChI is InChI=1S/C11H13ClN4/c12-9-3-6-16-10(7-9)13-14-11(16)8-15-4-1-2-5-15/h3,6-7H,1-2,4-5,8H2. The van der Waals surface area contributed by atoms with Crippen LogP contribution in [0.25, 0.3) is 5.65 Å². The predicted octanol–water partition coefficient (Wildman–Crippen LogP) is 1.98. The Kier molecular flexibility index (Phi) is 2.53. The maximum atomic E-state index is 5.91. The lowest BCUT2D eigenvalue weighted by molar-refractivity contribution is 0.321. The SMILES string of the molecule is Clc1ccn2c(CN3CCCC3)nnc2c1. The summed E-state index contributed by atoms with van der Waals surface area (Å²) in [4.78, 5) is 2.41. The lowest BCUT2D eigenvalue weighted by atomic mass is 10.4. The summed E-state index contributed by atoms with van der Waals surface area (Å²) in [6.07, 6.45) is 4.52. The summed E-state index contributed by atoms with van der Waals surface area (Å²) in [5.41, 5.74) is 0.821. The van der Waals surface area contributed by atoms with Crippen LogP contribution in [0.2, 0.25) is 5.02 Å². The molecule has 0 atom stereocenters. The van der Waals surface area contributed by atoms with Crippen molar-refractivity contribution in [1.29, 1.82) is 0 Å². The molecule has 5 heteroatoms. The molecule has 1 saturated heterocycles. The highest BCUT2D eigenvalue weighted by atomic mass is 35.5. The van der Waals surface area contributed by atoms with Gasteiger partial charge in [0, 0.05) is 17.3 Å². The summed E-state index contributed by atoms with van der Waals surface area (Å²) in [6.45, 7) is 3.22. The van der Waals surface area contributed by atoms with Crippen LogP contribution in [-0.2, 0) is 6.54 Å². The second kappa shape index (κ2) is 4.03. The van der Waals surface area contributed by atoms with Crippen LogP contribution in [-0.4, -0.2) is 32.6 Å². The Hall–Kier alpha value is -1.13. The molecular weight excluding hydrogens is 224 g/mol. The quantitative estimate of drug-likeness (QED) is 0.800. The Labute approximate surface area is 98.8 Å². The van der Waals surface area contributed by atoms with Crippen molar-refractivity contribution >= 4 is 17.2 Å². The van der Waals surface area contributed by atoms with Crippen LogP contribution in [0.15, 0.2) is 18.3 Å². The minimum Gasteiger partial charge on any atom is -0.296 e. The molecule has 4 nitrogen and oxygen atoms in total. The molecule has 2 aromatic heterocycles. The molecule has 1 fully saturated rings. The molecule has 0 aliphatic carbocycles. The van der Waals surface area contributed by atoms with Crippen molar-refractivity contribution in [2.24, 2.45) is 0 Å². The Morgan fingerprint density at radius 1 is 1.25 bits per heavy atom. The van der Waals surface area contributed by atoms with Gasteiger partial charge in [0.15, 0.2) is 11.5 Å². The molecule has 3 heterocycles. The molecule has 2 aromatic rings. The first-order valence-corrected chi connectivity index (χ1v) is 5.92. The van der Waals surface area contributed by atoms with Gasteiger partial charge >= 0.3 is 0 Å². The molecule has 1 aliphatic rings. The number of rotatable bonds is 2. The Bertz CT molecular complexity index is 502. The molecule has 3 rings (SSSR count). The summed E-state index contributed by atoms with van der Waals surface area (Å²) in [5.74, 6) is 0.994. The van der Waals surface area contributed by atoms with Gasteiger partial charge in [-0.05, 0) is 32.0 Å². The van der Waals surface area contributed by atoms with Crippen molar-refractivity contribution in [1.82, 2.24) is 19.5 Å². The number of hydrogen-bond acceptors (Lipinski definition) is 3. The lowest BCUT2D eigenvalue weighted by Gasteiger charge is -2.12. The van der Waals surface area contributed by atoms with Crippen LogP contribution in [0.5, 0.6) is 0 Å². The fourth-order valence-corrected chi connectivity index (χ4v) is 2.32. The van der Waals surface area contributed by atoms with E-state index in [-0.39, 0.29) is 0 Å². The maximum absolute atomic E-state index is 5.91. The van der Waals surface area contributed by atoms with Crippen LogP contribution in [0.1, 0.15) is 18.7 Å². The van der Waals surface area contributed by atoms with Gasteiger partial charge in [-0.15, -0.1) is 10.2 Å². The monoisotopic (exact) mass is 236 g/mol. The summed E-state index contributed by atoms with van der Waals surface area (Å²) < 4.78 is 2.00. The van der Waals surface area contributed by atoms with Crippen molar-refractivity contribution in [2.75, 3.05) is 13.1 Å². The van der Waals surface area contributed by atoms with Crippen molar-refractivity contribution in [3.8, 4) is 0 Å². The first-order valence-electron chi connectivity index (χ1n) is 5.54. The summed E-state index contributed by atoms with van der Waals surface area (Å²) >= 11 is 5.91. The van der Waals surface area contributed by atoms with E-state index in [1.165, 1.54) is 25.9 Å². The van der Waals surface area contributed by atoms with Crippen molar-refractivity contribution in [3.63, 3.8) is 0 Å². The smallest absolute Gasteiger partial charge is 0.162 e. The fraction of sp³-hybridized carbons (Fsp3) is 0.455. The van der Waals surface area contributed by atoms with Gasteiger partial charge in [0.2, 0.25) is 0 Å². The van der Waals surface area contributed by atoms with Gasteiger partial charge in [0.1, 0.15) is 0 Å². The number of nitrogens with zero attached hydrogens (tertiary/aromatic N) is 4. The highest BCUT2D eigenvalue weighted by molar-refractivity contribution is 6.30. The van der Waals surface area contributed by atoms with Crippen LogP contribution in [0.3, 0.4) is 0 Å². The summed E-state index contributed by atoms with van der Waals surface area (Å²) in [7, 11) is 0. The number of hydrogen-bond donors (Lipinski definition) is 0. The second-order valence-electron chi connectivity index (χ2n) is 4.17. The van der Waals surface area contributed by atoms with Gasteiger partial charge < -0.3 is 0 Å². The third-order valence-corrected chi connectivity index (χ3v) is 3.24. The number of fused-ring (bicyclic) bond motifs is 1. The summed E-state index contributed by atoms with van der Waals surface area (Å²) in [6, 6.07) is 3.70.